The normalized spacial score (nSPS) is 11.5. The Hall–Kier alpha value is -1.45. The van der Waals surface area contributed by atoms with E-state index in [-0.39, 0.29) is 11.3 Å². The van der Waals surface area contributed by atoms with E-state index in [1.165, 1.54) is 0 Å². The molecule has 0 fully saturated rings. The summed E-state index contributed by atoms with van der Waals surface area (Å²) < 4.78 is 1.74. The van der Waals surface area contributed by atoms with Gasteiger partial charge in [0, 0.05) is 19.8 Å². The number of aromatic nitrogens is 1. The molecule has 4 heteroatoms. The Bertz CT molecular complexity index is 380. The van der Waals surface area contributed by atoms with Crippen molar-refractivity contribution in [3.63, 3.8) is 0 Å². The number of nitrogens with one attached hydrogen (secondary N) is 1. The Kier molecular flexibility index (Phi) is 3.62. The fourth-order valence-corrected chi connectivity index (χ4v) is 1.35. The van der Waals surface area contributed by atoms with Gasteiger partial charge in [-0.3, -0.25) is 4.79 Å². The van der Waals surface area contributed by atoms with Crippen molar-refractivity contribution in [2.75, 3.05) is 12.3 Å². The third-order valence-corrected chi connectivity index (χ3v) is 2.94. The second kappa shape index (κ2) is 4.60. The quantitative estimate of drug-likeness (QED) is 0.817. The van der Waals surface area contributed by atoms with Gasteiger partial charge in [-0.1, -0.05) is 20.8 Å². The molecule has 4 nitrogen and oxygen atoms in total. The van der Waals surface area contributed by atoms with Crippen molar-refractivity contribution >= 4 is 11.6 Å². The first-order chi connectivity index (χ1) is 7.35. The van der Waals surface area contributed by atoms with Gasteiger partial charge in [0.1, 0.15) is 5.69 Å². The van der Waals surface area contributed by atoms with Crippen molar-refractivity contribution in [1.29, 1.82) is 0 Å². The molecule has 0 bridgehead atoms. The van der Waals surface area contributed by atoms with E-state index in [9.17, 15) is 4.79 Å². The first-order valence-corrected chi connectivity index (χ1v) is 5.56. The molecule has 0 atom stereocenters. The summed E-state index contributed by atoms with van der Waals surface area (Å²) in [5.41, 5.74) is 6.97. The molecule has 0 saturated heterocycles. The first-order valence-electron chi connectivity index (χ1n) is 5.56. The molecule has 0 spiro atoms. The van der Waals surface area contributed by atoms with E-state index in [0.29, 0.717) is 17.9 Å². The molecule has 0 radical (unpaired) electrons. The van der Waals surface area contributed by atoms with Gasteiger partial charge in [-0.2, -0.15) is 0 Å². The second-order valence-electron chi connectivity index (χ2n) is 4.97. The summed E-state index contributed by atoms with van der Waals surface area (Å²) >= 11 is 0. The maximum absolute atomic E-state index is 11.9. The topological polar surface area (TPSA) is 60.1 Å². The minimum Gasteiger partial charge on any atom is -0.397 e. The molecular weight excluding hydrogens is 202 g/mol. The van der Waals surface area contributed by atoms with Gasteiger partial charge >= 0.3 is 0 Å². The molecule has 0 aliphatic rings. The molecule has 0 saturated carbocycles. The van der Waals surface area contributed by atoms with Crippen LogP contribution in [-0.4, -0.2) is 17.0 Å². The lowest BCUT2D eigenvalue weighted by atomic mass is 9.90. The van der Waals surface area contributed by atoms with Crippen LogP contribution in [0.1, 0.15) is 37.7 Å². The summed E-state index contributed by atoms with van der Waals surface area (Å²) in [5.74, 6) is -0.0688. The highest BCUT2D eigenvalue weighted by Crippen LogP contribution is 2.18. The van der Waals surface area contributed by atoms with Crippen LogP contribution in [0, 0.1) is 5.41 Å². The lowest BCUT2D eigenvalue weighted by Gasteiger charge is -2.22. The minimum atomic E-state index is -0.0688. The molecule has 1 amide bonds. The molecule has 0 unspecified atom stereocenters. The Balaban J connectivity index is 2.63. The van der Waals surface area contributed by atoms with E-state index in [1.807, 2.05) is 7.05 Å². The molecule has 1 heterocycles. The summed E-state index contributed by atoms with van der Waals surface area (Å²) in [6.07, 6.45) is 2.77. The van der Waals surface area contributed by atoms with E-state index in [4.69, 9.17) is 5.73 Å². The van der Waals surface area contributed by atoms with Crippen LogP contribution in [0.3, 0.4) is 0 Å². The first kappa shape index (κ1) is 12.6. The van der Waals surface area contributed by atoms with Crippen LogP contribution in [0.15, 0.2) is 12.3 Å². The Morgan fingerprint density at radius 2 is 2.19 bits per heavy atom. The summed E-state index contributed by atoms with van der Waals surface area (Å²) in [7, 11) is 1.82. The molecule has 0 aromatic carbocycles. The van der Waals surface area contributed by atoms with Crippen LogP contribution in [0.4, 0.5) is 5.69 Å². The van der Waals surface area contributed by atoms with Crippen LogP contribution in [-0.2, 0) is 7.05 Å². The molecule has 16 heavy (non-hydrogen) atoms. The van der Waals surface area contributed by atoms with Crippen LogP contribution in [0.5, 0.6) is 0 Å². The highest BCUT2D eigenvalue weighted by molar-refractivity contribution is 5.93. The third-order valence-electron chi connectivity index (χ3n) is 2.94. The predicted octanol–water partition coefficient (Wildman–Crippen LogP) is 1.77. The smallest absolute Gasteiger partial charge is 0.267 e. The van der Waals surface area contributed by atoms with E-state index in [0.717, 1.165) is 6.42 Å². The molecule has 0 aliphatic carbocycles. The summed E-state index contributed by atoms with van der Waals surface area (Å²) in [6.45, 7) is 7.05. The van der Waals surface area contributed by atoms with Gasteiger partial charge in [-0.25, -0.2) is 0 Å². The highest BCUT2D eigenvalue weighted by atomic mass is 16.1. The number of carbonyl (C=O) groups is 1. The predicted molar refractivity (Wildman–Crippen MR) is 66.2 cm³/mol. The van der Waals surface area contributed by atoms with Gasteiger partial charge in [0.05, 0.1) is 5.69 Å². The zero-order chi connectivity index (χ0) is 12.3. The highest BCUT2D eigenvalue weighted by Gasteiger charge is 2.18. The third kappa shape index (κ3) is 3.02. The number of nitrogens with two attached hydrogens (primary N) is 1. The number of nitrogens with zero attached hydrogens (tertiary/aromatic N) is 1. The van der Waals surface area contributed by atoms with Crippen LogP contribution >= 0.6 is 0 Å². The van der Waals surface area contributed by atoms with Crippen molar-refractivity contribution in [3.8, 4) is 0 Å². The van der Waals surface area contributed by atoms with Gasteiger partial charge in [-0.05, 0) is 17.9 Å². The fraction of sp³-hybridized carbons (Fsp3) is 0.583. The standard InChI is InChI=1S/C12H21N3O/c1-5-12(2,3)8-14-11(16)10-6-9(13)7-15(10)4/h6-7H,5,8,13H2,1-4H3,(H,14,16). The molecular formula is C12H21N3O. The van der Waals surface area contributed by atoms with Gasteiger partial charge in [-0.15, -0.1) is 0 Å². The van der Waals surface area contributed by atoms with Crippen LogP contribution in [0.25, 0.3) is 0 Å². The van der Waals surface area contributed by atoms with Crippen molar-refractivity contribution in [2.45, 2.75) is 27.2 Å². The van der Waals surface area contributed by atoms with Crippen LogP contribution < -0.4 is 11.1 Å². The molecule has 0 aliphatic heterocycles. The maximum atomic E-state index is 11.9. The van der Waals surface area contributed by atoms with Gasteiger partial charge in [0.25, 0.3) is 5.91 Å². The van der Waals surface area contributed by atoms with E-state index < -0.39 is 0 Å². The summed E-state index contributed by atoms with van der Waals surface area (Å²) in [6, 6.07) is 1.69. The van der Waals surface area contributed by atoms with Gasteiger partial charge in [0.2, 0.25) is 0 Å². The number of amides is 1. The Morgan fingerprint density at radius 1 is 1.56 bits per heavy atom. The Labute approximate surface area is 96.8 Å². The van der Waals surface area contributed by atoms with Crippen LogP contribution in [0.2, 0.25) is 0 Å². The average Bonchev–Trinajstić information content (AvgIpc) is 2.54. The van der Waals surface area contributed by atoms with Crippen molar-refractivity contribution in [1.82, 2.24) is 9.88 Å². The van der Waals surface area contributed by atoms with Gasteiger partial charge in [0.15, 0.2) is 0 Å². The van der Waals surface area contributed by atoms with E-state index in [2.05, 4.69) is 26.1 Å². The van der Waals surface area contributed by atoms with Crippen molar-refractivity contribution in [3.05, 3.63) is 18.0 Å². The molecule has 1 aromatic rings. The fourth-order valence-electron chi connectivity index (χ4n) is 1.35. The number of aryl methyl sites for hydroxylation is 1. The lowest BCUT2D eigenvalue weighted by Crippen LogP contribution is -2.34. The maximum Gasteiger partial charge on any atom is 0.267 e. The van der Waals surface area contributed by atoms with E-state index in [1.54, 1.807) is 16.8 Å². The average molecular weight is 223 g/mol. The largest absolute Gasteiger partial charge is 0.397 e. The van der Waals surface area contributed by atoms with E-state index >= 15 is 0 Å². The summed E-state index contributed by atoms with van der Waals surface area (Å²) in [4.78, 5) is 11.9. The molecule has 90 valence electrons. The van der Waals surface area contributed by atoms with Crippen molar-refractivity contribution < 1.29 is 4.79 Å². The lowest BCUT2D eigenvalue weighted by molar-refractivity contribution is 0.0927. The second-order valence-corrected chi connectivity index (χ2v) is 4.97. The zero-order valence-corrected chi connectivity index (χ0v) is 10.5. The number of nitrogen functional groups attached to an aromatic ring is 1. The summed E-state index contributed by atoms with van der Waals surface area (Å²) in [5, 5.41) is 2.93. The van der Waals surface area contributed by atoms with Crippen molar-refractivity contribution in [2.24, 2.45) is 12.5 Å². The molecule has 3 N–H and O–H groups in total. The SMILES string of the molecule is CCC(C)(C)CNC(=O)c1cc(N)cn1C. The Morgan fingerprint density at radius 3 is 2.62 bits per heavy atom. The number of hydrogen-bond donors (Lipinski definition) is 2. The molecule has 1 aromatic heterocycles. The number of hydrogen-bond acceptors (Lipinski definition) is 2. The minimum absolute atomic E-state index is 0.0688. The van der Waals surface area contributed by atoms with Gasteiger partial charge < -0.3 is 15.6 Å². The number of anilines is 1. The zero-order valence-electron chi connectivity index (χ0n) is 10.5. The monoisotopic (exact) mass is 223 g/mol. The molecule has 1 rings (SSSR count). The number of rotatable bonds is 4. The number of carbonyl (C=O) groups excluding carboxylic acids is 1.